The Bertz CT molecular complexity index is 1260. The number of amides is 3. The molecule has 8 nitrogen and oxygen atoms in total. The number of aryl methyl sites for hydroxylation is 2. The number of imide groups is 1. The number of aromatic nitrogens is 1. The highest BCUT2D eigenvalue weighted by molar-refractivity contribution is 6.02. The maximum Gasteiger partial charge on any atom is 0.338 e. The summed E-state index contributed by atoms with van der Waals surface area (Å²) in [6.07, 6.45) is 0. The first kappa shape index (κ1) is 23.0. The zero-order valence-corrected chi connectivity index (χ0v) is 19.3. The number of rotatable bonds is 7. The Labute approximate surface area is 197 Å². The first-order chi connectivity index (χ1) is 16.2. The SMILES string of the molecule is Cc1ccc(-n2c(C)cc(C(=O)COC(=O)c3ccc(CN4C(=O)CNC4=O)cc3)c2C)cc1. The molecule has 0 atom stereocenters. The fourth-order valence-electron chi connectivity index (χ4n) is 3.97. The van der Waals surface area contributed by atoms with Gasteiger partial charge in [-0.25, -0.2) is 9.59 Å². The quantitative estimate of drug-likeness (QED) is 0.331. The predicted molar refractivity (Wildman–Crippen MR) is 125 cm³/mol. The fraction of sp³-hybridized carbons (Fsp3) is 0.231. The molecule has 0 spiro atoms. The average molecular weight is 460 g/mol. The minimum atomic E-state index is -0.623. The number of nitrogens with zero attached hydrogens (tertiary/aromatic N) is 2. The number of urea groups is 1. The monoisotopic (exact) mass is 459 g/mol. The van der Waals surface area contributed by atoms with Gasteiger partial charge in [-0.1, -0.05) is 29.8 Å². The highest BCUT2D eigenvalue weighted by Gasteiger charge is 2.28. The number of carbonyl (C=O) groups is 4. The van der Waals surface area contributed by atoms with Gasteiger partial charge >= 0.3 is 12.0 Å². The van der Waals surface area contributed by atoms with Gasteiger partial charge in [-0.2, -0.15) is 0 Å². The number of carbonyl (C=O) groups excluding carboxylic acids is 4. The molecule has 34 heavy (non-hydrogen) atoms. The van der Waals surface area contributed by atoms with Crippen LogP contribution >= 0.6 is 0 Å². The Morgan fingerprint density at radius 2 is 1.65 bits per heavy atom. The van der Waals surface area contributed by atoms with E-state index in [1.807, 2.05) is 49.6 Å². The third-order valence-electron chi connectivity index (χ3n) is 5.83. The second-order valence-corrected chi connectivity index (χ2v) is 8.29. The first-order valence-corrected chi connectivity index (χ1v) is 10.9. The Balaban J connectivity index is 1.39. The summed E-state index contributed by atoms with van der Waals surface area (Å²) in [6, 6.07) is 15.8. The van der Waals surface area contributed by atoms with E-state index in [4.69, 9.17) is 4.74 Å². The van der Waals surface area contributed by atoms with E-state index in [1.54, 1.807) is 30.3 Å². The molecule has 0 unspecified atom stereocenters. The van der Waals surface area contributed by atoms with E-state index in [9.17, 15) is 19.2 Å². The van der Waals surface area contributed by atoms with Crippen molar-refractivity contribution in [1.29, 1.82) is 0 Å². The van der Waals surface area contributed by atoms with E-state index in [0.717, 1.165) is 27.5 Å². The van der Waals surface area contributed by atoms with E-state index in [1.165, 1.54) is 0 Å². The molecule has 2 aromatic carbocycles. The number of hydrogen-bond acceptors (Lipinski definition) is 5. The van der Waals surface area contributed by atoms with E-state index < -0.39 is 12.0 Å². The van der Waals surface area contributed by atoms with Crippen LogP contribution in [0, 0.1) is 20.8 Å². The molecule has 0 aliphatic carbocycles. The van der Waals surface area contributed by atoms with Gasteiger partial charge in [0, 0.05) is 22.6 Å². The molecule has 1 N–H and O–H groups in total. The van der Waals surface area contributed by atoms with Gasteiger partial charge in [0.05, 0.1) is 18.7 Å². The lowest BCUT2D eigenvalue weighted by Crippen LogP contribution is -2.30. The molecule has 1 fully saturated rings. The molecule has 174 valence electrons. The highest BCUT2D eigenvalue weighted by Crippen LogP contribution is 2.22. The van der Waals surface area contributed by atoms with Gasteiger partial charge in [0.1, 0.15) is 0 Å². The molecule has 0 bridgehead atoms. The van der Waals surface area contributed by atoms with Crippen LogP contribution in [-0.4, -0.2) is 46.3 Å². The Hall–Kier alpha value is -4.20. The molecule has 2 heterocycles. The van der Waals surface area contributed by atoms with Crippen molar-refractivity contribution >= 4 is 23.7 Å². The van der Waals surface area contributed by atoms with Crippen LogP contribution in [0.1, 0.15) is 43.2 Å². The van der Waals surface area contributed by atoms with Crippen molar-refractivity contribution in [2.24, 2.45) is 0 Å². The molecule has 3 amide bonds. The molecule has 3 aromatic rings. The lowest BCUT2D eigenvalue weighted by molar-refractivity contribution is -0.125. The fourth-order valence-corrected chi connectivity index (χ4v) is 3.97. The Kier molecular flexibility index (Phi) is 6.32. The van der Waals surface area contributed by atoms with Crippen LogP contribution in [0.15, 0.2) is 54.6 Å². The molecule has 1 aliphatic heterocycles. The van der Waals surface area contributed by atoms with Crippen molar-refractivity contribution in [2.45, 2.75) is 27.3 Å². The second kappa shape index (κ2) is 9.35. The van der Waals surface area contributed by atoms with Crippen LogP contribution in [0.2, 0.25) is 0 Å². The van der Waals surface area contributed by atoms with Crippen LogP contribution in [-0.2, 0) is 16.1 Å². The summed E-state index contributed by atoms with van der Waals surface area (Å²) in [5.41, 5.74) is 5.29. The molecule has 1 aliphatic rings. The number of ether oxygens (including phenoxy) is 1. The number of esters is 1. The molecule has 1 aromatic heterocycles. The molecular weight excluding hydrogens is 434 g/mol. The maximum atomic E-state index is 12.8. The summed E-state index contributed by atoms with van der Waals surface area (Å²) in [5, 5.41) is 2.46. The van der Waals surface area contributed by atoms with Gasteiger partial charge in [0.25, 0.3) is 0 Å². The lowest BCUT2D eigenvalue weighted by atomic mass is 10.1. The molecule has 8 heteroatoms. The minimum absolute atomic E-state index is 0.00925. The van der Waals surface area contributed by atoms with Crippen LogP contribution in [0.4, 0.5) is 4.79 Å². The molecule has 0 saturated carbocycles. The number of hydrogen-bond donors (Lipinski definition) is 1. The molecule has 1 saturated heterocycles. The summed E-state index contributed by atoms with van der Waals surface area (Å²) in [7, 11) is 0. The standard InChI is InChI=1S/C26H25N3O5/c1-16-4-10-21(11-5-16)29-17(2)12-22(18(29)3)23(30)15-34-25(32)20-8-6-19(7-9-20)14-28-24(31)13-27-26(28)33/h4-12H,13-15H2,1-3H3,(H,27,33). The second-order valence-electron chi connectivity index (χ2n) is 8.29. The average Bonchev–Trinajstić information content (AvgIpc) is 3.30. The van der Waals surface area contributed by atoms with E-state index in [2.05, 4.69) is 5.32 Å². The van der Waals surface area contributed by atoms with Gasteiger partial charge in [0.15, 0.2) is 6.61 Å². The molecule has 4 rings (SSSR count). The predicted octanol–water partition coefficient (Wildman–Crippen LogP) is 3.49. The third kappa shape index (κ3) is 4.61. The first-order valence-electron chi connectivity index (χ1n) is 10.9. The minimum Gasteiger partial charge on any atom is -0.454 e. The van der Waals surface area contributed by atoms with Crippen molar-refractivity contribution in [3.63, 3.8) is 0 Å². The number of nitrogens with one attached hydrogen (secondary N) is 1. The largest absolute Gasteiger partial charge is 0.454 e. The number of Topliss-reactive ketones (excluding diaryl/α,β-unsaturated/α-hetero) is 1. The summed E-state index contributed by atoms with van der Waals surface area (Å²) in [6.45, 7) is 5.55. The lowest BCUT2D eigenvalue weighted by Gasteiger charge is -2.12. The summed E-state index contributed by atoms with van der Waals surface area (Å²) in [5.74, 6) is -1.20. The zero-order valence-electron chi connectivity index (χ0n) is 19.3. The van der Waals surface area contributed by atoms with Crippen LogP contribution in [0.25, 0.3) is 5.69 Å². The molecular formula is C26H25N3O5. The van der Waals surface area contributed by atoms with Gasteiger partial charge in [-0.3, -0.25) is 14.5 Å². The number of ketones is 1. The third-order valence-corrected chi connectivity index (χ3v) is 5.83. The van der Waals surface area contributed by atoms with Gasteiger partial charge < -0.3 is 14.6 Å². The summed E-state index contributed by atoms with van der Waals surface area (Å²) in [4.78, 5) is 49.7. The van der Waals surface area contributed by atoms with Gasteiger partial charge in [-0.05, 0) is 56.7 Å². The van der Waals surface area contributed by atoms with Crippen molar-refractivity contribution in [2.75, 3.05) is 13.2 Å². The maximum absolute atomic E-state index is 12.8. The van der Waals surface area contributed by atoms with Crippen molar-refractivity contribution in [3.05, 3.63) is 88.2 Å². The highest BCUT2D eigenvalue weighted by atomic mass is 16.5. The molecule has 0 radical (unpaired) electrons. The smallest absolute Gasteiger partial charge is 0.338 e. The van der Waals surface area contributed by atoms with Gasteiger partial charge in [-0.15, -0.1) is 0 Å². The Morgan fingerprint density at radius 3 is 2.26 bits per heavy atom. The van der Waals surface area contributed by atoms with E-state index >= 15 is 0 Å². The number of benzene rings is 2. The summed E-state index contributed by atoms with van der Waals surface area (Å²) >= 11 is 0. The normalized spacial score (nSPS) is 13.2. The van der Waals surface area contributed by atoms with E-state index in [-0.39, 0.29) is 37.0 Å². The van der Waals surface area contributed by atoms with E-state index in [0.29, 0.717) is 11.1 Å². The van der Waals surface area contributed by atoms with Crippen LogP contribution < -0.4 is 5.32 Å². The topological polar surface area (TPSA) is 97.7 Å². The van der Waals surface area contributed by atoms with Crippen molar-refractivity contribution in [3.8, 4) is 5.69 Å². The Morgan fingerprint density at radius 1 is 0.971 bits per heavy atom. The van der Waals surface area contributed by atoms with Crippen molar-refractivity contribution in [1.82, 2.24) is 14.8 Å². The van der Waals surface area contributed by atoms with Crippen LogP contribution in [0.5, 0.6) is 0 Å². The summed E-state index contributed by atoms with van der Waals surface area (Å²) < 4.78 is 7.25. The van der Waals surface area contributed by atoms with Crippen molar-refractivity contribution < 1.29 is 23.9 Å². The zero-order chi connectivity index (χ0) is 24.4. The van der Waals surface area contributed by atoms with Crippen LogP contribution in [0.3, 0.4) is 0 Å². The van der Waals surface area contributed by atoms with Gasteiger partial charge in [0.2, 0.25) is 11.7 Å².